The number of amides is 1. The van der Waals surface area contributed by atoms with Crippen LogP contribution in [-0.4, -0.2) is 92.3 Å². The highest BCUT2D eigenvalue weighted by Gasteiger charge is 2.39. The molecule has 37 heavy (non-hydrogen) atoms. The summed E-state index contributed by atoms with van der Waals surface area (Å²) >= 11 is 0. The van der Waals surface area contributed by atoms with E-state index in [1.54, 1.807) is 24.3 Å². The average Bonchev–Trinajstić information content (AvgIpc) is 2.91. The van der Waals surface area contributed by atoms with E-state index in [0.717, 1.165) is 14.8 Å². The molecular weight excluding hydrogens is 502 g/mol. The molecule has 1 amide bonds. The van der Waals surface area contributed by atoms with Crippen molar-refractivity contribution in [2.75, 3.05) is 40.2 Å². The molecule has 0 bridgehead atoms. The first-order valence-corrected chi connectivity index (χ1v) is 13.1. The van der Waals surface area contributed by atoms with Crippen LogP contribution in [0.4, 0.5) is 4.79 Å². The molecule has 0 aliphatic carbocycles. The summed E-state index contributed by atoms with van der Waals surface area (Å²) in [6.45, 7) is -0.411. The molecule has 1 saturated heterocycles. The van der Waals surface area contributed by atoms with E-state index in [2.05, 4.69) is 0 Å². The maximum Gasteiger partial charge on any atom is 0.408 e. The minimum Gasteiger partial charge on any atom is -0.497 e. The molecule has 1 heterocycles. The number of carboxylic acid groups (broad SMARTS) is 1. The van der Waals surface area contributed by atoms with Crippen LogP contribution < -0.4 is 4.74 Å². The highest BCUT2D eigenvalue weighted by atomic mass is 32.2. The maximum absolute atomic E-state index is 13.5. The zero-order valence-electron chi connectivity index (χ0n) is 20.5. The number of aliphatic hydroxyl groups excluding tert-OH is 1. The lowest BCUT2D eigenvalue weighted by Gasteiger charge is -2.40. The Morgan fingerprint density at radius 2 is 1.81 bits per heavy atom. The molecule has 1 aliphatic rings. The first-order chi connectivity index (χ1) is 17.8. The zero-order valence-corrected chi connectivity index (χ0v) is 21.3. The van der Waals surface area contributed by atoms with Crippen LogP contribution in [-0.2, 0) is 25.9 Å². The standard InChI is InChI=1S/C25H31N3O8S/c1-34-21-8-10-22(11-9-21)37(32,33)27(13-5-12-26)15-24(29)23(14-19-6-3-2-4-7-19)28(25(30)31)20-16-35-18-36-17-20/h2-4,6-11,20,23-24,29H,5,13-18H2,1H3,(H,30,31)/t23-,24+/m0/s1. The number of rotatable bonds is 12. The van der Waals surface area contributed by atoms with Crippen LogP contribution in [0.1, 0.15) is 12.0 Å². The molecule has 2 N–H and O–H groups in total. The van der Waals surface area contributed by atoms with Crippen molar-refractivity contribution in [3.8, 4) is 11.8 Å². The Balaban J connectivity index is 1.94. The second-order valence-corrected chi connectivity index (χ2v) is 10.4. The molecule has 0 radical (unpaired) electrons. The van der Waals surface area contributed by atoms with Crippen LogP contribution in [0.15, 0.2) is 59.5 Å². The summed E-state index contributed by atoms with van der Waals surface area (Å²) in [6, 6.07) is 15.0. The van der Waals surface area contributed by atoms with Crippen LogP contribution in [0, 0.1) is 11.3 Å². The number of nitrogens with zero attached hydrogens (tertiary/aromatic N) is 3. The zero-order chi connectivity index (χ0) is 26.8. The lowest BCUT2D eigenvalue weighted by Crippen LogP contribution is -2.58. The Bertz CT molecular complexity index is 1150. The van der Waals surface area contributed by atoms with Crippen molar-refractivity contribution in [1.82, 2.24) is 9.21 Å². The van der Waals surface area contributed by atoms with Gasteiger partial charge in [-0.1, -0.05) is 30.3 Å². The van der Waals surface area contributed by atoms with Crippen molar-refractivity contribution in [2.24, 2.45) is 0 Å². The van der Waals surface area contributed by atoms with E-state index in [1.807, 2.05) is 12.1 Å². The SMILES string of the molecule is COc1ccc(S(=O)(=O)N(CCC#N)C[C@@H](O)[C@H](Cc2ccccc2)N(C(=O)O)C2COCOC2)cc1. The van der Waals surface area contributed by atoms with E-state index in [4.69, 9.17) is 19.5 Å². The number of nitriles is 1. The summed E-state index contributed by atoms with van der Waals surface area (Å²) in [5.74, 6) is 0.472. The summed E-state index contributed by atoms with van der Waals surface area (Å²) in [5, 5.41) is 30.6. The number of aliphatic hydroxyl groups is 1. The molecule has 2 atom stereocenters. The van der Waals surface area contributed by atoms with Crippen LogP contribution in [0.3, 0.4) is 0 Å². The third-order valence-electron chi connectivity index (χ3n) is 6.05. The number of ether oxygens (including phenoxy) is 3. The molecule has 11 nitrogen and oxygen atoms in total. The minimum atomic E-state index is -4.12. The van der Waals surface area contributed by atoms with Gasteiger partial charge in [-0.3, -0.25) is 4.90 Å². The van der Waals surface area contributed by atoms with E-state index in [9.17, 15) is 23.4 Å². The fourth-order valence-corrected chi connectivity index (χ4v) is 5.65. The number of carbonyl (C=O) groups is 1. The summed E-state index contributed by atoms with van der Waals surface area (Å²) in [6.07, 6.45) is -2.71. The van der Waals surface area contributed by atoms with Gasteiger partial charge in [0.05, 0.1) is 49.5 Å². The number of methoxy groups -OCH3 is 1. The van der Waals surface area contributed by atoms with Gasteiger partial charge in [-0.25, -0.2) is 13.2 Å². The molecule has 2 aromatic carbocycles. The van der Waals surface area contributed by atoms with E-state index >= 15 is 0 Å². The van der Waals surface area contributed by atoms with Crippen molar-refractivity contribution in [2.45, 2.75) is 35.9 Å². The van der Waals surface area contributed by atoms with Gasteiger partial charge < -0.3 is 24.4 Å². The molecule has 2 aromatic rings. The number of sulfonamides is 1. The second kappa shape index (κ2) is 13.4. The molecule has 0 spiro atoms. The third kappa shape index (κ3) is 7.41. The van der Waals surface area contributed by atoms with Gasteiger partial charge in [0.1, 0.15) is 12.5 Å². The van der Waals surface area contributed by atoms with E-state index in [-0.39, 0.29) is 44.3 Å². The van der Waals surface area contributed by atoms with Gasteiger partial charge in [-0.15, -0.1) is 0 Å². The second-order valence-electron chi connectivity index (χ2n) is 8.47. The Hall–Kier alpha value is -3.21. The predicted molar refractivity (Wildman–Crippen MR) is 132 cm³/mol. The van der Waals surface area contributed by atoms with Crippen LogP contribution in [0.5, 0.6) is 5.75 Å². The van der Waals surface area contributed by atoms with Gasteiger partial charge in [-0.05, 0) is 36.2 Å². The van der Waals surface area contributed by atoms with Gasteiger partial charge in [-0.2, -0.15) is 9.57 Å². The molecule has 12 heteroatoms. The average molecular weight is 534 g/mol. The van der Waals surface area contributed by atoms with Crippen molar-refractivity contribution in [3.63, 3.8) is 0 Å². The molecular formula is C25H31N3O8S. The van der Waals surface area contributed by atoms with Crippen LogP contribution >= 0.6 is 0 Å². The molecule has 0 saturated carbocycles. The highest BCUT2D eigenvalue weighted by Crippen LogP contribution is 2.23. The monoisotopic (exact) mass is 533 g/mol. The van der Waals surface area contributed by atoms with Gasteiger partial charge >= 0.3 is 6.09 Å². The Kier molecular flexibility index (Phi) is 10.2. The van der Waals surface area contributed by atoms with Gasteiger partial charge in [0, 0.05) is 19.5 Å². The lowest BCUT2D eigenvalue weighted by atomic mass is 9.98. The summed E-state index contributed by atoms with van der Waals surface area (Å²) in [7, 11) is -2.66. The van der Waals surface area contributed by atoms with Gasteiger partial charge in [0.15, 0.2) is 0 Å². The fourth-order valence-electron chi connectivity index (χ4n) is 4.19. The van der Waals surface area contributed by atoms with E-state index < -0.39 is 40.8 Å². The Morgan fingerprint density at radius 3 is 2.38 bits per heavy atom. The Morgan fingerprint density at radius 1 is 1.16 bits per heavy atom. The van der Waals surface area contributed by atoms with Crippen molar-refractivity contribution in [1.29, 1.82) is 5.26 Å². The largest absolute Gasteiger partial charge is 0.497 e. The molecule has 1 aliphatic heterocycles. The summed E-state index contributed by atoms with van der Waals surface area (Å²) in [5.41, 5.74) is 0.761. The summed E-state index contributed by atoms with van der Waals surface area (Å²) < 4.78 is 43.6. The maximum atomic E-state index is 13.5. The predicted octanol–water partition coefficient (Wildman–Crippen LogP) is 1.92. The molecule has 1 fully saturated rings. The van der Waals surface area contributed by atoms with Gasteiger partial charge in [0.25, 0.3) is 0 Å². The molecule has 0 aromatic heterocycles. The highest BCUT2D eigenvalue weighted by molar-refractivity contribution is 7.89. The van der Waals surface area contributed by atoms with E-state index in [0.29, 0.717) is 5.75 Å². The van der Waals surface area contributed by atoms with Crippen LogP contribution in [0.2, 0.25) is 0 Å². The quantitative estimate of drug-likeness (QED) is 0.417. The van der Waals surface area contributed by atoms with Crippen LogP contribution in [0.25, 0.3) is 0 Å². The third-order valence-corrected chi connectivity index (χ3v) is 7.93. The van der Waals surface area contributed by atoms with Crippen molar-refractivity contribution in [3.05, 3.63) is 60.2 Å². The normalized spacial score (nSPS) is 16.1. The van der Waals surface area contributed by atoms with Gasteiger partial charge in [0.2, 0.25) is 10.0 Å². The van der Waals surface area contributed by atoms with Crippen molar-refractivity contribution >= 4 is 16.1 Å². The minimum absolute atomic E-state index is 0.0396. The first kappa shape index (κ1) is 28.4. The van der Waals surface area contributed by atoms with Crippen molar-refractivity contribution < 1.29 is 37.6 Å². The first-order valence-electron chi connectivity index (χ1n) is 11.7. The van der Waals surface area contributed by atoms with E-state index in [1.165, 1.54) is 31.4 Å². The molecule has 200 valence electrons. The molecule has 3 rings (SSSR count). The fraction of sp³-hybridized carbons (Fsp3) is 0.440. The number of hydrogen-bond acceptors (Lipinski definition) is 8. The lowest BCUT2D eigenvalue weighted by molar-refractivity contribution is -0.140. The Labute approximate surface area is 216 Å². The molecule has 0 unspecified atom stereocenters. The topological polar surface area (TPSA) is 150 Å². The number of hydrogen-bond donors (Lipinski definition) is 2. The summed E-state index contributed by atoms with van der Waals surface area (Å²) in [4.78, 5) is 13.4. The smallest absolute Gasteiger partial charge is 0.408 e. The number of benzene rings is 2.